The summed E-state index contributed by atoms with van der Waals surface area (Å²) >= 11 is 0. The second-order valence-corrected chi connectivity index (χ2v) is 4.60. The van der Waals surface area contributed by atoms with Crippen LogP contribution < -0.4 is 10.1 Å². The maximum atomic E-state index is 5.43. The summed E-state index contributed by atoms with van der Waals surface area (Å²) < 4.78 is 5.43. The van der Waals surface area contributed by atoms with Crippen LogP contribution in [-0.2, 0) is 6.54 Å². The molecular formula is C15H23NO. The van der Waals surface area contributed by atoms with E-state index in [1.165, 1.54) is 12.0 Å². The lowest BCUT2D eigenvalue weighted by molar-refractivity contribution is 0.363. The Morgan fingerprint density at radius 3 is 2.59 bits per heavy atom. The van der Waals surface area contributed by atoms with E-state index in [0.29, 0.717) is 6.61 Å². The van der Waals surface area contributed by atoms with Crippen molar-refractivity contribution < 1.29 is 4.74 Å². The molecule has 0 radical (unpaired) electrons. The molecule has 0 fully saturated rings. The lowest BCUT2D eigenvalue weighted by Gasteiger charge is -2.08. The van der Waals surface area contributed by atoms with Crippen LogP contribution >= 0.6 is 0 Å². The highest BCUT2D eigenvalue weighted by molar-refractivity contribution is 5.27. The molecule has 0 saturated heterocycles. The molecule has 0 bridgehead atoms. The molecule has 1 aromatic rings. The molecule has 0 spiro atoms. The van der Waals surface area contributed by atoms with Crippen molar-refractivity contribution in [3.63, 3.8) is 0 Å². The van der Waals surface area contributed by atoms with E-state index in [9.17, 15) is 0 Å². The molecule has 1 aromatic carbocycles. The Morgan fingerprint density at radius 1 is 1.29 bits per heavy atom. The first-order valence-corrected chi connectivity index (χ1v) is 6.25. The number of hydrogen-bond acceptors (Lipinski definition) is 2. The SMILES string of the molecule is C=CCOc1ccc(CNCCC(C)C)cc1. The third kappa shape index (κ3) is 6.12. The molecule has 2 nitrogen and oxygen atoms in total. The van der Waals surface area contributed by atoms with Crippen LogP contribution in [0.3, 0.4) is 0 Å². The molecule has 0 aliphatic rings. The van der Waals surface area contributed by atoms with Crippen LogP contribution in [0.4, 0.5) is 0 Å². The molecule has 0 heterocycles. The van der Waals surface area contributed by atoms with Gasteiger partial charge >= 0.3 is 0 Å². The molecule has 94 valence electrons. The van der Waals surface area contributed by atoms with Gasteiger partial charge in [-0.25, -0.2) is 0 Å². The zero-order chi connectivity index (χ0) is 12.5. The summed E-state index contributed by atoms with van der Waals surface area (Å²) in [5, 5.41) is 3.44. The van der Waals surface area contributed by atoms with Crippen LogP contribution in [0.5, 0.6) is 5.75 Å². The third-order valence-electron chi connectivity index (χ3n) is 2.52. The van der Waals surface area contributed by atoms with Gasteiger partial charge in [0.05, 0.1) is 0 Å². The Kier molecular flexibility index (Phi) is 6.41. The molecule has 0 saturated carbocycles. The van der Waals surface area contributed by atoms with Gasteiger partial charge in [-0.15, -0.1) is 0 Å². The summed E-state index contributed by atoms with van der Waals surface area (Å²) in [4.78, 5) is 0. The molecular weight excluding hydrogens is 210 g/mol. The van der Waals surface area contributed by atoms with Gasteiger partial charge in [0.25, 0.3) is 0 Å². The van der Waals surface area contributed by atoms with Gasteiger partial charge in [0, 0.05) is 6.54 Å². The van der Waals surface area contributed by atoms with Gasteiger partial charge in [-0.05, 0) is 36.6 Å². The van der Waals surface area contributed by atoms with Crippen LogP contribution in [0.1, 0.15) is 25.8 Å². The minimum atomic E-state index is 0.561. The number of ether oxygens (including phenoxy) is 1. The molecule has 0 aliphatic heterocycles. The fourth-order valence-electron chi connectivity index (χ4n) is 1.48. The lowest BCUT2D eigenvalue weighted by Crippen LogP contribution is -2.16. The normalized spacial score (nSPS) is 10.5. The minimum Gasteiger partial charge on any atom is -0.490 e. The first-order valence-electron chi connectivity index (χ1n) is 6.25. The molecule has 0 atom stereocenters. The van der Waals surface area contributed by atoms with Crippen LogP contribution in [-0.4, -0.2) is 13.2 Å². The molecule has 0 aliphatic carbocycles. The second kappa shape index (κ2) is 7.91. The van der Waals surface area contributed by atoms with Gasteiger partial charge in [-0.2, -0.15) is 0 Å². The van der Waals surface area contributed by atoms with E-state index < -0.39 is 0 Å². The van der Waals surface area contributed by atoms with Crippen molar-refractivity contribution in [2.75, 3.05) is 13.2 Å². The largest absolute Gasteiger partial charge is 0.490 e. The maximum Gasteiger partial charge on any atom is 0.119 e. The maximum absolute atomic E-state index is 5.43. The molecule has 17 heavy (non-hydrogen) atoms. The topological polar surface area (TPSA) is 21.3 Å². The van der Waals surface area contributed by atoms with Crippen molar-refractivity contribution in [3.8, 4) is 5.75 Å². The Morgan fingerprint density at radius 2 is 2.00 bits per heavy atom. The summed E-state index contributed by atoms with van der Waals surface area (Å²) in [7, 11) is 0. The standard InChI is InChI=1S/C15H23NO/c1-4-11-17-15-7-5-14(6-8-15)12-16-10-9-13(2)3/h4-8,13,16H,1,9-12H2,2-3H3. The lowest BCUT2D eigenvalue weighted by atomic mass is 10.1. The van der Waals surface area contributed by atoms with Crippen molar-refractivity contribution in [2.45, 2.75) is 26.8 Å². The van der Waals surface area contributed by atoms with Crippen molar-refractivity contribution in [1.82, 2.24) is 5.32 Å². The van der Waals surface area contributed by atoms with E-state index in [0.717, 1.165) is 24.8 Å². The fraction of sp³-hybridized carbons (Fsp3) is 0.467. The molecule has 0 unspecified atom stereocenters. The number of benzene rings is 1. The Labute approximate surface area is 105 Å². The van der Waals surface area contributed by atoms with Gasteiger partial charge in [-0.1, -0.05) is 38.6 Å². The first-order chi connectivity index (χ1) is 8.22. The number of rotatable bonds is 8. The average Bonchev–Trinajstić information content (AvgIpc) is 2.33. The van der Waals surface area contributed by atoms with E-state index in [1.807, 2.05) is 12.1 Å². The highest BCUT2D eigenvalue weighted by Crippen LogP contribution is 2.12. The number of hydrogen-bond donors (Lipinski definition) is 1. The Balaban J connectivity index is 2.27. The van der Waals surface area contributed by atoms with E-state index in [4.69, 9.17) is 4.74 Å². The van der Waals surface area contributed by atoms with Gasteiger partial charge < -0.3 is 10.1 Å². The second-order valence-electron chi connectivity index (χ2n) is 4.60. The molecule has 2 heteroatoms. The van der Waals surface area contributed by atoms with Gasteiger partial charge in [0.1, 0.15) is 12.4 Å². The van der Waals surface area contributed by atoms with Crippen LogP contribution in [0.25, 0.3) is 0 Å². The van der Waals surface area contributed by atoms with E-state index in [-0.39, 0.29) is 0 Å². The van der Waals surface area contributed by atoms with Crippen molar-refractivity contribution >= 4 is 0 Å². The van der Waals surface area contributed by atoms with Gasteiger partial charge in [0.2, 0.25) is 0 Å². The smallest absolute Gasteiger partial charge is 0.119 e. The molecule has 1 N–H and O–H groups in total. The average molecular weight is 233 g/mol. The molecule has 0 amide bonds. The Bertz CT molecular complexity index is 316. The van der Waals surface area contributed by atoms with Crippen molar-refractivity contribution in [3.05, 3.63) is 42.5 Å². The quantitative estimate of drug-likeness (QED) is 0.549. The number of nitrogens with one attached hydrogen (secondary N) is 1. The van der Waals surface area contributed by atoms with E-state index in [2.05, 4.69) is 37.9 Å². The third-order valence-corrected chi connectivity index (χ3v) is 2.52. The molecule has 0 aromatic heterocycles. The van der Waals surface area contributed by atoms with Gasteiger partial charge in [-0.3, -0.25) is 0 Å². The first kappa shape index (κ1) is 13.8. The highest BCUT2D eigenvalue weighted by atomic mass is 16.5. The monoisotopic (exact) mass is 233 g/mol. The summed E-state index contributed by atoms with van der Waals surface area (Å²) in [5.74, 6) is 1.66. The summed E-state index contributed by atoms with van der Waals surface area (Å²) in [6.07, 6.45) is 2.97. The summed E-state index contributed by atoms with van der Waals surface area (Å²) in [5.41, 5.74) is 1.29. The summed E-state index contributed by atoms with van der Waals surface area (Å²) in [6.45, 7) is 10.7. The summed E-state index contributed by atoms with van der Waals surface area (Å²) in [6, 6.07) is 8.20. The van der Waals surface area contributed by atoms with Crippen LogP contribution in [0.2, 0.25) is 0 Å². The zero-order valence-corrected chi connectivity index (χ0v) is 10.9. The van der Waals surface area contributed by atoms with E-state index >= 15 is 0 Å². The van der Waals surface area contributed by atoms with Crippen LogP contribution in [0, 0.1) is 5.92 Å². The molecule has 1 rings (SSSR count). The predicted molar refractivity (Wildman–Crippen MR) is 73.3 cm³/mol. The van der Waals surface area contributed by atoms with Crippen molar-refractivity contribution in [1.29, 1.82) is 0 Å². The zero-order valence-electron chi connectivity index (χ0n) is 10.9. The predicted octanol–water partition coefficient (Wildman–Crippen LogP) is 3.39. The minimum absolute atomic E-state index is 0.561. The Hall–Kier alpha value is -1.28. The van der Waals surface area contributed by atoms with Crippen molar-refractivity contribution in [2.24, 2.45) is 5.92 Å². The fourth-order valence-corrected chi connectivity index (χ4v) is 1.48. The van der Waals surface area contributed by atoms with Gasteiger partial charge in [0.15, 0.2) is 0 Å². The highest BCUT2D eigenvalue weighted by Gasteiger charge is 1.96. The van der Waals surface area contributed by atoms with E-state index in [1.54, 1.807) is 6.08 Å². The van der Waals surface area contributed by atoms with Crippen LogP contribution in [0.15, 0.2) is 36.9 Å².